The van der Waals surface area contributed by atoms with Gasteiger partial charge in [0.1, 0.15) is 6.04 Å². The van der Waals surface area contributed by atoms with Gasteiger partial charge in [0.15, 0.2) is 0 Å². The van der Waals surface area contributed by atoms with Crippen LogP contribution in [0.3, 0.4) is 0 Å². The summed E-state index contributed by atoms with van der Waals surface area (Å²) in [5.41, 5.74) is 0.0752. The van der Waals surface area contributed by atoms with E-state index in [-0.39, 0.29) is 23.2 Å². The molecule has 2 amide bonds. The zero-order valence-corrected chi connectivity index (χ0v) is 17.4. The molecule has 0 saturated heterocycles. The normalized spacial score (nSPS) is 13.1. The third-order valence-corrected chi connectivity index (χ3v) is 5.21. The van der Waals surface area contributed by atoms with Gasteiger partial charge in [0.05, 0.1) is 9.82 Å². The summed E-state index contributed by atoms with van der Waals surface area (Å²) in [5, 5.41) is 16.8. The van der Waals surface area contributed by atoms with Crippen LogP contribution in [0.25, 0.3) is 0 Å². The first-order valence-corrected chi connectivity index (χ1v) is 10.2. The highest BCUT2D eigenvalue weighted by Crippen LogP contribution is 2.31. The Hall–Kier alpha value is -2.09. The van der Waals surface area contributed by atoms with E-state index in [1.165, 1.54) is 17.8 Å². The fraction of sp³-hybridized carbons (Fsp3) is 0.579. The minimum Gasteiger partial charge on any atom is -0.352 e. The molecule has 150 valence electrons. The Morgan fingerprint density at radius 1 is 1.19 bits per heavy atom. The van der Waals surface area contributed by atoms with Crippen LogP contribution in [0.4, 0.5) is 5.69 Å². The second-order valence-electron chi connectivity index (χ2n) is 6.98. The van der Waals surface area contributed by atoms with Crippen molar-refractivity contribution in [2.24, 2.45) is 5.92 Å². The summed E-state index contributed by atoms with van der Waals surface area (Å²) in [4.78, 5) is 35.9. The summed E-state index contributed by atoms with van der Waals surface area (Å²) in [6, 6.07) is 3.71. The molecule has 1 aromatic rings. The van der Waals surface area contributed by atoms with E-state index in [4.69, 9.17) is 0 Å². The Bertz CT molecular complexity index is 679. The van der Waals surface area contributed by atoms with Crippen molar-refractivity contribution in [2.75, 3.05) is 5.75 Å². The van der Waals surface area contributed by atoms with Gasteiger partial charge in [-0.1, -0.05) is 20.8 Å². The number of nitrogens with one attached hydrogen (secondary N) is 2. The highest BCUT2D eigenvalue weighted by Gasteiger charge is 2.21. The Morgan fingerprint density at radius 2 is 1.85 bits per heavy atom. The first-order chi connectivity index (χ1) is 12.6. The van der Waals surface area contributed by atoms with Gasteiger partial charge in [0.2, 0.25) is 5.91 Å². The third-order valence-electron chi connectivity index (χ3n) is 4.11. The quantitative estimate of drug-likeness (QED) is 0.357. The van der Waals surface area contributed by atoms with E-state index in [9.17, 15) is 19.7 Å². The molecule has 0 bridgehead atoms. The van der Waals surface area contributed by atoms with Crippen molar-refractivity contribution in [3.8, 4) is 0 Å². The molecule has 0 fully saturated rings. The Kier molecular flexibility index (Phi) is 9.28. The summed E-state index contributed by atoms with van der Waals surface area (Å²) in [6.07, 6.45) is 1.74. The lowest BCUT2D eigenvalue weighted by Crippen LogP contribution is -2.47. The van der Waals surface area contributed by atoms with Crippen molar-refractivity contribution in [1.29, 1.82) is 0 Å². The van der Waals surface area contributed by atoms with E-state index in [1.807, 2.05) is 13.8 Å². The highest BCUT2D eigenvalue weighted by atomic mass is 32.2. The number of hydrogen-bond donors (Lipinski definition) is 2. The number of benzene rings is 1. The first-order valence-electron chi connectivity index (χ1n) is 9.18. The van der Waals surface area contributed by atoms with Gasteiger partial charge in [-0.25, -0.2) is 0 Å². The Balaban J connectivity index is 2.84. The Morgan fingerprint density at radius 3 is 2.41 bits per heavy atom. The van der Waals surface area contributed by atoms with E-state index < -0.39 is 16.9 Å². The van der Waals surface area contributed by atoms with E-state index in [0.717, 1.165) is 18.6 Å². The maximum atomic E-state index is 12.4. The molecular formula is C19H29N3O4S. The summed E-state index contributed by atoms with van der Waals surface area (Å²) in [6.45, 7) is 9.61. The predicted octanol–water partition coefficient (Wildman–Crippen LogP) is 3.77. The molecule has 0 spiro atoms. The molecule has 0 saturated carbocycles. The monoisotopic (exact) mass is 395 g/mol. The van der Waals surface area contributed by atoms with Crippen LogP contribution >= 0.6 is 11.8 Å². The van der Waals surface area contributed by atoms with Gasteiger partial charge in [-0.05, 0) is 50.5 Å². The molecule has 1 rings (SSSR count). The van der Waals surface area contributed by atoms with Gasteiger partial charge in [0.25, 0.3) is 11.6 Å². The fourth-order valence-electron chi connectivity index (χ4n) is 2.14. The Labute approximate surface area is 164 Å². The average molecular weight is 396 g/mol. The van der Waals surface area contributed by atoms with Gasteiger partial charge >= 0.3 is 0 Å². The van der Waals surface area contributed by atoms with Crippen LogP contribution in [0.5, 0.6) is 0 Å². The molecule has 1 aromatic carbocycles. The first kappa shape index (κ1) is 23.0. The minimum atomic E-state index is -0.731. The molecule has 2 atom stereocenters. The number of amides is 2. The molecule has 0 heterocycles. The number of thioether (sulfide) groups is 1. The van der Waals surface area contributed by atoms with Crippen molar-refractivity contribution < 1.29 is 14.5 Å². The second-order valence-corrected chi connectivity index (χ2v) is 8.12. The zero-order chi connectivity index (χ0) is 20.6. The van der Waals surface area contributed by atoms with Crippen LogP contribution in [-0.2, 0) is 4.79 Å². The van der Waals surface area contributed by atoms with Crippen molar-refractivity contribution in [1.82, 2.24) is 10.6 Å². The fourth-order valence-corrected chi connectivity index (χ4v) is 3.40. The van der Waals surface area contributed by atoms with Crippen LogP contribution in [0.1, 0.15) is 57.8 Å². The van der Waals surface area contributed by atoms with E-state index in [0.29, 0.717) is 10.8 Å². The molecule has 8 heteroatoms. The predicted molar refractivity (Wildman–Crippen MR) is 108 cm³/mol. The third kappa shape index (κ3) is 7.58. The van der Waals surface area contributed by atoms with Crippen molar-refractivity contribution in [2.45, 2.75) is 64.4 Å². The van der Waals surface area contributed by atoms with Crippen LogP contribution in [0, 0.1) is 16.0 Å². The summed E-state index contributed by atoms with van der Waals surface area (Å²) in [7, 11) is 0. The lowest BCUT2D eigenvalue weighted by atomic mass is 10.1. The van der Waals surface area contributed by atoms with Crippen molar-refractivity contribution >= 4 is 29.3 Å². The number of carbonyl (C=O) groups excluding carboxylic acids is 2. The SMILES string of the molecule is CCC(C)NC(=O)C(C)NC(=O)c1ccc(SCCC(C)C)c([N+](=O)[O-])c1. The topological polar surface area (TPSA) is 101 Å². The zero-order valence-electron chi connectivity index (χ0n) is 16.6. The number of hydrogen-bond acceptors (Lipinski definition) is 5. The molecule has 7 nitrogen and oxygen atoms in total. The van der Waals surface area contributed by atoms with Gasteiger partial charge < -0.3 is 10.6 Å². The van der Waals surface area contributed by atoms with E-state index in [2.05, 4.69) is 24.5 Å². The molecule has 0 aromatic heterocycles. The smallest absolute Gasteiger partial charge is 0.283 e. The average Bonchev–Trinajstić information content (AvgIpc) is 2.60. The number of nitro groups is 1. The number of nitrogens with zero attached hydrogens (tertiary/aromatic N) is 1. The van der Waals surface area contributed by atoms with E-state index >= 15 is 0 Å². The molecule has 27 heavy (non-hydrogen) atoms. The second kappa shape index (κ2) is 10.9. The van der Waals surface area contributed by atoms with Crippen LogP contribution in [-0.4, -0.2) is 34.6 Å². The number of nitro benzene ring substituents is 1. The molecule has 0 aliphatic carbocycles. The molecular weight excluding hydrogens is 366 g/mol. The highest BCUT2D eigenvalue weighted by molar-refractivity contribution is 7.99. The standard InChI is InChI=1S/C19H29N3O4S/c1-6-13(4)20-18(23)14(5)21-19(24)15-7-8-17(16(11-15)22(25)26)27-10-9-12(2)3/h7-8,11-14H,6,9-10H2,1-5H3,(H,20,23)(H,21,24). The summed E-state index contributed by atoms with van der Waals surface area (Å²) < 4.78 is 0. The molecule has 0 aliphatic heterocycles. The maximum absolute atomic E-state index is 12.4. The molecule has 2 N–H and O–H groups in total. The maximum Gasteiger partial charge on any atom is 0.283 e. The summed E-state index contributed by atoms with van der Waals surface area (Å²) in [5.74, 6) is 0.498. The number of rotatable bonds is 10. The van der Waals surface area contributed by atoms with Gasteiger partial charge in [-0.15, -0.1) is 11.8 Å². The van der Waals surface area contributed by atoms with Gasteiger partial charge in [0, 0.05) is 17.7 Å². The van der Waals surface area contributed by atoms with E-state index in [1.54, 1.807) is 19.1 Å². The van der Waals surface area contributed by atoms with Gasteiger partial charge in [-0.2, -0.15) is 0 Å². The lowest BCUT2D eigenvalue weighted by Gasteiger charge is -2.17. The minimum absolute atomic E-state index is 0.0140. The van der Waals surface area contributed by atoms with Crippen LogP contribution in [0.15, 0.2) is 23.1 Å². The molecule has 0 aliphatic rings. The largest absolute Gasteiger partial charge is 0.352 e. The number of carbonyl (C=O) groups is 2. The van der Waals surface area contributed by atoms with Crippen molar-refractivity contribution in [3.05, 3.63) is 33.9 Å². The summed E-state index contributed by atoms with van der Waals surface area (Å²) >= 11 is 1.41. The molecule has 2 unspecified atom stereocenters. The van der Waals surface area contributed by atoms with Crippen molar-refractivity contribution in [3.63, 3.8) is 0 Å². The lowest BCUT2D eigenvalue weighted by molar-refractivity contribution is -0.387. The van der Waals surface area contributed by atoms with Crippen LogP contribution in [0.2, 0.25) is 0 Å². The van der Waals surface area contributed by atoms with Gasteiger partial charge in [-0.3, -0.25) is 19.7 Å². The van der Waals surface area contributed by atoms with Crippen LogP contribution < -0.4 is 10.6 Å². The molecule has 0 radical (unpaired) electrons.